The third-order valence-corrected chi connectivity index (χ3v) is 3.63. The molecule has 22 heavy (non-hydrogen) atoms. The minimum Gasteiger partial charge on any atom is -0.386 e. The summed E-state index contributed by atoms with van der Waals surface area (Å²) in [6, 6.07) is 17.7. The van der Waals surface area contributed by atoms with Gasteiger partial charge >= 0.3 is 0 Å². The number of hydrogen-bond donors (Lipinski definition) is 2. The van der Waals surface area contributed by atoms with Crippen LogP contribution in [0.4, 0.5) is 0 Å². The molecule has 3 heteroatoms. The summed E-state index contributed by atoms with van der Waals surface area (Å²) in [4.78, 5) is 11.9. The minimum absolute atomic E-state index is 0.0513. The van der Waals surface area contributed by atoms with E-state index in [-0.39, 0.29) is 5.91 Å². The highest BCUT2D eigenvalue weighted by molar-refractivity contribution is 5.76. The lowest BCUT2D eigenvalue weighted by atomic mass is 9.97. The van der Waals surface area contributed by atoms with Crippen LogP contribution < -0.4 is 5.32 Å². The van der Waals surface area contributed by atoms with Crippen molar-refractivity contribution in [1.82, 2.24) is 5.32 Å². The number of carbonyl (C=O) groups excluding carboxylic acids is 1. The number of rotatable bonds is 6. The fourth-order valence-corrected chi connectivity index (χ4v) is 2.22. The lowest BCUT2D eigenvalue weighted by molar-refractivity contribution is -0.121. The first-order valence-corrected chi connectivity index (χ1v) is 7.57. The molecule has 0 aliphatic carbocycles. The molecule has 116 valence electrons. The van der Waals surface area contributed by atoms with Crippen LogP contribution in [0, 0.1) is 0 Å². The van der Waals surface area contributed by atoms with E-state index >= 15 is 0 Å². The Morgan fingerprint density at radius 3 is 2.23 bits per heavy atom. The topological polar surface area (TPSA) is 49.3 Å². The summed E-state index contributed by atoms with van der Waals surface area (Å²) in [5, 5.41) is 12.8. The van der Waals surface area contributed by atoms with Crippen LogP contribution in [0.15, 0.2) is 54.6 Å². The summed E-state index contributed by atoms with van der Waals surface area (Å²) in [6.45, 7) is 4.03. The van der Waals surface area contributed by atoms with E-state index in [1.165, 1.54) is 5.56 Å². The third-order valence-electron chi connectivity index (χ3n) is 3.63. The quantitative estimate of drug-likeness (QED) is 0.860. The SMILES string of the molecule is CC(C)(O)c1ccc(CNC(=O)CCc2ccccc2)cc1. The van der Waals surface area contributed by atoms with Crippen molar-refractivity contribution in [3.63, 3.8) is 0 Å². The molecule has 0 saturated heterocycles. The number of aliphatic hydroxyl groups is 1. The molecular weight excluding hydrogens is 274 g/mol. The van der Waals surface area contributed by atoms with Gasteiger partial charge in [0.05, 0.1) is 5.60 Å². The largest absolute Gasteiger partial charge is 0.386 e. The molecule has 0 heterocycles. The molecule has 0 aliphatic heterocycles. The van der Waals surface area contributed by atoms with Gasteiger partial charge in [-0.25, -0.2) is 0 Å². The number of benzene rings is 2. The van der Waals surface area contributed by atoms with Gasteiger partial charge in [-0.1, -0.05) is 54.6 Å². The Hall–Kier alpha value is -2.13. The number of aryl methyl sites for hydroxylation is 1. The van der Waals surface area contributed by atoms with Crippen molar-refractivity contribution in [2.45, 2.75) is 38.8 Å². The van der Waals surface area contributed by atoms with E-state index in [2.05, 4.69) is 5.32 Å². The fourth-order valence-electron chi connectivity index (χ4n) is 2.22. The predicted octanol–water partition coefficient (Wildman–Crippen LogP) is 3.16. The molecule has 0 unspecified atom stereocenters. The highest BCUT2D eigenvalue weighted by Crippen LogP contribution is 2.19. The van der Waals surface area contributed by atoms with E-state index < -0.39 is 5.60 Å². The standard InChI is InChI=1S/C19H23NO2/c1-19(2,22)17-11-8-16(9-12-17)14-20-18(21)13-10-15-6-4-3-5-7-15/h3-9,11-12,22H,10,13-14H2,1-2H3,(H,20,21). The van der Waals surface area contributed by atoms with E-state index in [0.29, 0.717) is 13.0 Å². The number of amides is 1. The van der Waals surface area contributed by atoms with Gasteiger partial charge in [0.1, 0.15) is 0 Å². The molecule has 0 aliphatic rings. The number of nitrogens with one attached hydrogen (secondary N) is 1. The van der Waals surface area contributed by atoms with Gasteiger partial charge in [0.25, 0.3) is 0 Å². The van der Waals surface area contributed by atoms with Crippen LogP contribution in [0.2, 0.25) is 0 Å². The van der Waals surface area contributed by atoms with Crippen molar-refractivity contribution in [3.05, 3.63) is 71.3 Å². The normalized spacial score (nSPS) is 11.2. The van der Waals surface area contributed by atoms with E-state index in [0.717, 1.165) is 17.5 Å². The Balaban J connectivity index is 1.79. The maximum Gasteiger partial charge on any atom is 0.220 e. The molecule has 2 aromatic carbocycles. The summed E-state index contributed by atoms with van der Waals surface area (Å²) >= 11 is 0. The van der Waals surface area contributed by atoms with Gasteiger partial charge in [-0.3, -0.25) is 4.79 Å². The molecule has 1 amide bonds. The lowest BCUT2D eigenvalue weighted by Crippen LogP contribution is -2.23. The van der Waals surface area contributed by atoms with Gasteiger partial charge < -0.3 is 10.4 Å². The van der Waals surface area contributed by atoms with E-state index in [9.17, 15) is 9.90 Å². The molecule has 2 N–H and O–H groups in total. The molecule has 0 fully saturated rings. The van der Waals surface area contributed by atoms with Crippen molar-refractivity contribution in [1.29, 1.82) is 0 Å². The molecule has 0 bridgehead atoms. The van der Waals surface area contributed by atoms with Crippen molar-refractivity contribution in [2.24, 2.45) is 0 Å². The molecule has 2 rings (SSSR count). The van der Waals surface area contributed by atoms with Crippen LogP contribution in [0.3, 0.4) is 0 Å². The zero-order chi connectivity index (χ0) is 16.0. The summed E-state index contributed by atoms with van der Waals surface area (Å²) in [5.41, 5.74) is 2.23. The van der Waals surface area contributed by atoms with Crippen molar-refractivity contribution in [2.75, 3.05) is 0 Å². The van der Waals surface area contributed by atoms with Crippen molar-refractivity contribution in [3.8, 4) is 0 Å². The Kier molecular flexibility index (Phi) is 5.34. The van der Waals surface area contributed by atoms with Crippen LogP contribution in [0.25, 0.3) is 0 Å². The highest BCUT2D eigenvalue weighted by atomic mass is 16.3. The van der Waals surface area contributed by atoms with Gasteiger partial charge in [0.15, 0.2) is 0 Å². The van der Waals surface area contributed by atoms with Gasteiger partial charge in [-0.15, -0.1) is 0 Å². The van der Waals surface area contributed by atoms with Crippen LogP contribution in [0.5, 0.6) is 0 Å². The summed E-state index contributed by atoms with van der Waals surface area (Å²) < 4.78 is 0. The first-order chi connectivity index (χ1) is 10.4. The van der Waals surface area contributed by atoms with Crippen LogP contribution in [0.1, 0.15) is 37.0 Å². The van der Waals surface area contributed by atoms with Gasteiger partial charge in [0.2, 0.25) is 5.91 Å². The molecule has 0 atom stereocenters. The van der Waals surface area contributed by atoms with E-state index in [4.69, 9.17) is 0 Å². The average Bonchev–Trinajstić information content (AvgIpc) is 2.51. The maximum atomic E-state index is 11.9. The van der Waals surface area contributed by atoms with Crippen molar-refractivity contribution < 1.29 is 9.90 Å². The Labute approximate surface area is 132 Å². The number of carbonyl (C=O) groups is 1. The smallest absolute Gasteiger partial charge is 0.220 e. The molecule has 3 nitrogen and oxygen atoms in total. The Bertz CT molecular complexity index is 598. The maximum absolute atomic E-state index is 11.9. The van der Waals surface area contributed by atoms with Crippen LogP contribution in [-0.2, 0) is 23.4 Å². The first kappa shape index (κ1) is 16.2. The molecular formula is C19H23NO2. The highest BCUT2D eigenvalue weighted by Gasteiger charge is 2.15. The molecule has 0 radical (unpaired) electrons. The molecule has 0 saturated carbocycles. The Morgan fingerprint density at radius 2 is 1.64 bits per heavy atom. The first-order valence-electron chi connectivity index (χ1n) is 7.57. The van der Waals surface area contributed by atoms with Crippen LogP contribution in [-0.4, -0.2) is 11.0 Å². The predicted molar refractivity (Wildman–Crippen MR) is 88.3 cm³/mol. The summed E-state index contributed by atoms with van der Waals surface area (Å²) in [5.74, 6) is 0.0513. The lowest BCUT2D eigenvalue weighted by Gasteiger charge is -2.18. The van der Waals surface area contributed by atoms with Crippen molar-refractivity contribution >= 4 is 5.91 Å². The second-order valence-electron chi connectivity index (χ2n) is 6.02. The summed E-state index contributed by atoms with van der Waals surface area (Å²) in [6.07, 6.45) is 1.25. The van der Waals surface area contributed by atoms with E-state index in [1.807, 2.05) is 54.6 Å². The molecule has 2 aromatic rings. The van der Waals surface area contributed by atoms with Crippen LogP contribution >= 0.6 is 0 Å². The van der Waals surface area contributed by atoms with E-state index in [1.54, 1.807) is 13.8 Å². The molecule has 0 spiro atoms. The monoisotopic (exact) mass is 297 g/mol. The molecule has 0 aromatic heterocycles. The Morgan fingerprint density at radius 1 is 1.00 bits per heavy atom. The zero-order valence-electron chi connectivity index (χ0n) is 13.2. The van der Waals surface area contributed by atoms with Gasteiger partial charge in [-0.05, 0) is 37.0 Å². The average molecular weight is 297 g/mol. The second kappa shape index (κ2) is 7.23. The second-order valence-corrected chi connectivity index (χ2v) is 6.02. The zero-order valence-corrected chi connectivity index (χ0v) is 13.2. The van der Waals surface area contributed by atoms with Gasteiger partial charge in [0, 0.05) is 13.0 Å². The number of hydrogen-bond acceptors (Lipinski definition) is 2. The summed E-state index contributed by atoms with van der Waals surface area (Å²) in [7, 11) is 0. The fraction of sp³-hybridized carbons (Fsp3) is 0.316. The third kappa shape index (κ3) is 5.01. The minimum atomic E-state index is -0.836. The van der Waals surface area contributed by atoms with Gasteiger partial charge in [-0.2, -0.15) is 0 Å².